The number of carbonyl (C=O) groups is 2. The summed E-state index contributed by atoms with van der Waals surface area (Å²) in [7, 11) is 0. The number of nitrogens with two attached hydrogens (primary N) is 1. The fraction of sp³-hybridized carbons (Fsp3) is 0.172. The molecule has 1 unspecified atom stereocenters. The van der Waals surface area contributed by atoms with Gasteiger partial charge in [0.2, 0.25) is 5.91 Å². The number of nitrogens with zero attached hydrogens (tertiary/aromatic N) is 1. The Kier molecular flexibility index (Phi) is 10.5. The minimum atomic E-state index is -0.768. The lowest BCUT2D eigenvalue weighted by molar-refractivity contribution is -0.134. The van der Waals surface area contributed by atoms with Crippen molar-refractivity contribution in [3.05, 3.63) is 115 Å². The molecule has 2 N–H and O–H groups in total. The van der Waals surface area contributed by atoms with E-state index >= 15 is 0 Å². The molecule has 1 aliphatic rings. The molecule has 3 aromatic rings. The maximum absolute atomic E-state index is 13.7. The van der Waals surface area contributed by atoms with E-state index in [4.69, 9.17) is 52.1 Å². The number of benzene rings is 3. The lowest BCUT2D eigenvalue weighted by Gasteiger charge is -2.37. The molecule has 4 nitrogen and oxygen atoms in total. The summed E-state index contributed by atoms with van der Waals surface area (Å²) < 4.78 is 0. The molecule has 1 saturated heterocycles. The van der Waals surface area contributed by atoms with Crippen molar-refractivity contribution in [1.82, 2.24) is 4.90 Å². The van der Waals surface area contributed by atoms with Gasteiger partial charge < -0.3 is 10.6 Å². The first-order valence-electron chi connectivity index (χ1n) is 11.6. The fourth-order valence-corrected chi connectivity index (χ4v) is 4.87. The zero-order valence-corrected chi connectivity index (χ0v) is 24.2. The average Bonchev–Trinajstić information content (AvgIpc) is 2.88. The fourth-order valence-electron chi connectivity index (χ4n) is 4.25. The van der Waals surface area contributed by atoms with Crippen LogP contribution in [0.15, 0.2) is 77.9 Å². The highest BCUT2D eigenvalue weighted by atomic mass is 35.5. The van der Waals surface area contributed by atoms with Crippen molar-refractivity contribution in [1.29, 1.82) is 0 Å². The molecule has 38 heavy (non-hydrogen) atoms. The predicted octanol–water partition coefficient (Wildman–Crippen LogP) is 7.56. The Labute approximate surface area is 248 Å². The molecule has 0 bridgehead atoms. The predicted molar refractivity (Wildman–Crippen MR) is 160 cm³/mol. The number of likely N-dealkylation sites (tertiary alicyclic amines) is 1. The van der Waals surface area contributed by atoms with Crippen molar-refractivity contribution in [3.63, 3.8) is 0 Å². The van der Waals surface area contributed by atoms with Crippen LogP contribution in [-0.2, 0) is 16.0 Å². The molecule has 1 amide bonds. The maximum atomic E-state index is 13.7. The van der Waals surface area contributed by atoms with Crippen molar-refractivity contribution < 1.29 is 9.59 Å². The number of carbonyl (C=O) groups excluding carboxylic acids is 2. The Balaban J connectivity index is 0.00000400. The summed E-state index contributed by atoms with van der Waals surface area (Å²) in [5.74, 6) is -0.422. The number of rotatable bonds is 5. The normalized spacial score (nSPS) is 18.4. The van der Waals surface area contributed by atoms with Gasteiger partial charge in [-0.25, -0.2) is 0 Å². The van der Waals surface area contributed by atoms with Gasteiger partial charge in [-0.3, -0.25) is 9.59 Å². The van der Waals surface area contributed by atoms with Gasteiger partial charge in [0.1, 0.15) is 0 Å². The first kappa shape index (κ1) is 30.2. The van der Waals surface area contributed by atoms with Crippen LogP contribution in [0.25, 0.3) is 12.2 Å². The van der Waals surface area contributed by atoms with E-state index in [-0.39, 0.29) is 30.6 Å². The number of amides is 1. The summed E-state index contributed by atoms with van der Waals surface area (Å²) in [6.45, 7) is 1.94. The second-order valence-electron chi connectivity index (χ2n) is 8.88. The highest BCUT2D eigenvalue weighted by Crippen LogP contribution is 2.31. The van der Waals surface area contributed by atoms with Crippen LogP contribution in [0, 0.1) is 0 Å². The van der Waals surface area contributed by atoms with E-state index in [1.807, 2.05) is 37.3 Å². The van der Waals surface area contributed by atoms with E-state index < -0.39 is 12.1 Å². The molecule has 0 aromatic heterocycles. The zero-order valence-electron chi connectivity index (χ0n) is 20.3. The summed E-state index contributed by atoms with van der Waals surface area (Å²) in [6.07, 6.45) is 3.84. The van der Waals surface area contributed by atoms with Gasteiger partial charge in [0.05, 0.1) is 38.7 Å². The summed E-state index contributed by atoms with van der Waals surface area (Å²) in [5, 5.41) is 1.57. The maximum Gasteiger partial charge on any atom is 0.240 e. The Morgan fingerprint density at radius 1 is 0.921 bits per heavy atom. The van der Waals surface area contributed by atoms with Crippen LogP contribution in [-0.4, -0.2) is 35.2 Å². The van der Waals surface area contributed by atoms with E-state index in [0.717, 1.165) is 5.56 Å². The second kappa shape index (κ2) is 13.2. The average molecular weight is 611 g/mol. The molecule has 1 heterocycles. The molecular weight excluding hydrogens is 586 g/mol. The standard InChI is InChI=1S/C29H24Cl4N2O2.ClH/c1-17-22(12-20-8-10-24(31)26(33)14-20)28(36)21(11-19-7-9-23(30)25(32)13-19)16-35(17)29(37)27(34)15-18-5-3-2-4-6-18;/h2-14,17,27H,15-16,34H2,1H3;1H/b21-11+,22-12+;/t17?,27-;/m0./s1. The number of ketones is 1. The van der Waals surface area contributed by atoms with Gasteiger partial charge in [-0.1, -0.05) is 88.9 Å². The summed E-state index contributed by atoms with van der Waals surface area (Å²) in [6, 6.07) is 18.5. The van der Waals surface area contributed by atoms with Crippen LogP contribution < -0.4 is 5.73 Å². The van der Waals surface area contributed by atoms with Gasteiger partial charge in [-0.05, 0) is 66.5 Å². The van der Waals surface area contributed by atoms with Crippen LogP contribution in [0.4, 0.5) is 0 Å². The minimum absolute atomic E-state index is 0. The van der Waals surface area contributed by atoms with Crippen LogP contribution in [0.3, 0.4) is 0 Å². The SMILES string of the molecule is CC1/C(=C\c2ccc(Cl)c(Cl)c2)C(=O)/C(=C/c2ccc(Cl)c(Cl)c2)CN1C(=O)[C@@H](N)Cc1ccccc1.Cl. The molecule has 0 aliphatic carbocycles. The first-order chi connectivity index (χ1) is 17.6. The summed E-state index contributed by atoms with van der Waals surface area (Å²) in [5.41, 5.74) is 9.59. The lowest BCUT2D eigenvalue weighted by Crippen LogP contribution is -2.53. The molecule has 2 atom stereocenters. The Bertz CT molecular complexity index is 1410. The topological polar surface area (TPSA) is 63.4 Å². The number of hydrogen-bond donors (Lipinski definition) is 1. The lowest BCUT2D eigenvalue weighted by atomic mass is 9.88. The molecule has 1 aliphatic heterocycles. The Morgan fingerprint density at radius 3 is 2.03 bits per heavy atom. The van der Waals surface area contributed by atoms with Gasteiger partial charge in [-0.15, -0.1) is 12.4 Å². The summed E-state index contributed by atoms with van der Waals surface area (Å²) >= 11 is 24.5. The van der Waals surface area contributed by atoms with Crippen LogP contribution >= 0.6 is 58.8 Å². The second-order valence-corrected chi connectivity index (χ2v) is 10.5. The van der Waals surface area contributed by atoms with E-state index in [9.17, 15) is 9.59 Å². The highest BCUT2D eigenvalue weighted by molar-refractivity contribution is 6.42. The largest absolute Gasteiger partial charge is 0.330 e. The van der Waals surface area contributed by atoms with Gasteiger partial charge in [-0.2, -0.15) is 0 Å². The number of halogens is 5. The van der Waals surface area contributed by atoms with Crippen molar-refractivity contribution in [2.75, 3.05) is 6.54 Å². The Hall–Kier alpha value is -2.31. The molecule has 1 fully saturated rings. The van der Waals surface area contributed by atoms with E-state index in [1.165, 1.54) is 0 Å². The molecule has 4 rings (SSSR count). The van der Waals surface area contributed by atoms with E-state index in [2.05, 4.69) is 0 Å². The first-order valence-corrected chi connectivity index (χ1v) is 13.1. The van der Waals surface area contributed by atoms with Gasteiger partial charge in [0.15, 0.2) is 5.78 Å². The highest BCUT2D eigenvalue weighted by Gasteiger charge is 2.36. The molecule has 3 aromatic carbocycles. The molecule has 0 radical (unpaired) electrons. The summed E-state index contributed by atoms with van der Waals surface area (Å²) in [4.78, 5) is 28.9. The number of Topliss-reactive ketones (excluding diaryl/α,β-unsaturated/α-hetero) is 1. The molecule has 9 heteroatoms. The zero-order chi connectivity index (χ0) is 26.7. The van der Waals surface area contributed by atoms with Crippen LogP contribution in [0.5, 0.6) is 0 Å². The quantitative estimate of drug-likeness (QED) is 0.303. The van der Waals surface area contributed by atoms with E-state index in [1.54, 1.807) is 53.5 Å². The van der Waals surface area contributed by atoms with Crippen molar-refractivity contribution in [2.24, 2.45) is 5.73 Å². The van der Waals surface area contributed by atoms with Crippen LogP contribution in [0.1, 0.15) is 23.6 Å². The number of piperidine rings is 1. The third-order valence-electron chi connectivity index (χ3n) is 6.26. The third kappa shape index (κ3) is 7.01. The molecule has 198 valence electrons. The van der Waals surface area contributed by atoms with Gasteiger partial charge in [0.25, 0.3) is 0 Å². The molecule has 0 saturated carbocycles. The minimum Gasteiger partial charge on any atom is -0.330 e. The van der Waals surface area contributed by atoms with Crippen molar-refractivity contribution >= 4 is 82.7 Å². The number of hydrogen-bond acceptors (Lipinski definition) is 3. The molecular formula is C29H25Cl5N2O2. The van der Waals surface area contributed by atoms with Crippen molar-refractivity contribution in [3.8, 4) is 0 Å². The van der Waals surface area contributed by atoms with Crippen LogP contribution in [0.2, 0.25) is 20.1 Å². The van der Waals surface area contributed by atoms with Gasteiger partial charge in [0, 0.05) is 11.1 Å². The molecule has 0 spiro atoms. The monoisotopic (exact) mass is 608 g/mol. The van der Waals surface area contributed by atoms with E-state index in [0.29, 0.717) is 48.8 Å². The third-order valence-corrected chi connectivity index (χ3v) is 7.74. The Morgan fingerprint density at radius 2 is 1.47 bits per heavy atom. The van der Waals surface area contributed by atoms with Crippen molar-refractivity contribution in [2.45, 2.75) is 25.4 Å². The van der Waals surface area contributed by atoms with Gasteiger partial charge >= 0.3 is 0 Å². The smallest absolute Gasteiger partial charge is 0.240 e.